The van der Waals surface area contributed by atoms with Gasteiger partial charge in [-0.1, -0.05) is 12.1 Å². The van der Waals surface area contributed by atoms with Crippen molar-refractivity contribution in [3.05, 3.63) is 59.4 Å². The van der Waals surface area contributed by atoms with E-state index < -0.39 is 17.5 Å². The van der Waals surface area contributed by atoms with Gasteiger partial charge in [0, 0.05) is 18.2 Å². The van der Waals surface area contributed by atoms with E-state index >= 15 is 0 Å². The number of hydrogen-bond acceptors (Lipinski definition) is 2. The van der Waals surface area contributed by atoms with Gasteiger partial charge in [0.25, 0.3) is 0 Å². The summed E-state index contributed by atoms with van der Waals surface area (Å²) in [5, 5.41) is 0. The molecule has 0 aliphatic rings. The van der Waals surface area contributed by atoms with Crippen molar-refractivity contribution in [3.63, 3.8) is 0 Å². The third-order valence-electron chi connectivity index (χ3n) is 2.39. The fraction of sp³-hybridized carbons (Fsp3) is 0.0769. The van der Waals surface area contributed by atoms with Crippen LogP contribution in [0.2, 0.25) is 0 Å². The molecule has 2 aromatic rings. The van der Waals surface area contributed by atoms with Gasteiger partial charge in [-0.25, -0.2) is 8.78 Å². The zero-order chi connectivity index (χ0) is 13.1. The topological polar surface area (TPSA) is 35.2 Å². The molecule has 0 unspecified atom stereocenters. The molecule has 0 aliphatic heterocycles. The predicted molar refractivity (Wildman–Crippen MR) is 60.7 cm³/mol. The zero-order valence-corrected chi connectivity index (χ0v) is 9.29. The average molecular weight is 253 g/mol. The number of nitrogens with two attached hydrogens (primary N) is 1. The number of halogens is 3. The highest BCUT2D eigenvalue weighted by atomic mass is 19.2. The summed E-state index contributed by atoms with van der Waals surface area (Å²) >= 11 is 0. The van der Waals surface area contributed by atoms with Crippen molar-refractivity contribution in [3.8, 4) is 11.5 Å². The van der Waals surface area contributed by atoms with Crippen molar-refractivity contribution < 1.29 is 17.9 Å². The van der Waals surface area contributed by atoms with Crippen LogP contribution in [-0.2, 0) is 6.54 Å². The molecule has 0 spiro atoms. The molecule has 5 heteroatoms. The van der Waals surface area contributed by atoms with E-state index in [0.29, 0.717) is 5.56 Å². The molecule has 0 atom stereocenters. The first-order valence-electron chi connectivity index (χ1n) is 5.22. The lowest BCUT2D eigenvalue weighted by atomic mass is 10.2. The van der Waals surface area contributed by atoms with Crippen LogP contribution in [0.25, 0.3) is 0 Å². The van der Waals surface area contributed by atoms with E-state index in [-0.39, 0.29) is 18.0 Å². The molecule has 0 amide bonds. The van der Waals surface area contributed by atoms with Gasteiger partial charge in [-0.2, -0.15) is 4.39 Å². The average Bonchev–Trinajstić information content (AvgIpc) is 2.35. The Morgan fingerprint density at radius 1 is 1.00 bits per heavy atom. The molecule has 0 heterocycles. The van der Waals surface area contributed by atoms with Crippen molar-refractivity contribution in [2.75, 3.05) is 0 Å². The number of benzene rings is 2. The second-order valence-electron chi connectivity index (χ2n) is 3.61. The Hall–Kier alpha value is -2.01. The number of hydrogen-bond donors (Lipinski definition) is 1. The van der Waals surface area contributed by atoms with Crippen LogP contribution in [0.3, 0.4) is 0 Å². The van der Waals surface area contributed by atoms with Gasteiger partial charge in [-0.3, -0.25) is 0 Å². The van der Waals surface area contributed by atoms with E-state index in [4.69, 9.17) is 10.5 Å². The highest BCUT2D eigenvalue weighted by molar-refractivity contribution is 5.35. The minimum absolute atomic E-state index is 0.0560. The van der Waals surface area contributed by atoms with Gasteiger partial charge in [-0.15, -0.1) is 0 Å². The summed E-state index contributed by atoms with van der Waals surface area (Å²) in [6.45, 7) is 0.0560. The van der Waals surface area contributed by atoms with Crippen LogP contribution in [0, 0.1) is 17.5 Å². The maximum absolute atomic E-state index is 13.4. The molecule has 0 aliphatic carbocycles. The van der Waals surface area contributed by atoms with Crippen LogP contribution in [0.5, 0.6) is 11.5 Å². The Labute approximate surface area is 102 Å². The van der Waals surface area contributed by atoms with Crippen molar-refractivity contribution in [2.45, 2.75) is 6.54 Å². The number of ether oxygens (including phenoxy) is 1. The standard InChI is InChI=1S/C13H10F3NO/c14-10-2-1-3-12(13(10)16)18-9-5-4-8(7-17)11(15)6-9/h1-6H,7,17H2. The van der Waals surface area contributed by atoms with Gasteiger partial charge in [0.1, 0.15) is 11.6 Å². The minimum Gasteiger partial charge on any atom is -0.454 e. The van der Waals surface area contributed by atoms with Gasteiger partial charge in [-0.05, 0) is 18.2 Å². The summed E-state index contributed by atoms with van der Waals surface area (Å²) in [7, 11) is 0. The van der Waals surface area contributed by atoms with E-state index in [0.717, 1.165) is 12.1 Å². The Balaban J connectivity index is 2.29. The van der Waals surface area contributed by atoms with Gasteiger partial charge in [0.05, 0.1) is 0 Å². The van der Waals surface area contributed by atoms with E-state index in [2.05, 4.69) is 0 Å². The molecule has 0 bridgehead atoms. The van der Waals surface area contributed by atoms with E-state index in [9.17, 15) is 13.2 Å². The predicted octanol–water partition coefficient (Wildman–Crippen LogP) is 3.35. The zero-order valence-electron chi connectivity index (χ0n) is 9.29. The molecule has 18 heavy (non-hydrogen) atoms. The fourth-order valence-corrected chi connectivity index (χ4v) is 1.45. The minimum atomic E-state index is -1.11. The molecule has 0 aromatic heterocycles. The molecule has 0 saturated heterocycles. The van der Waals surface area contributed by atoms with Crippen molar-refractivity contribution >= 4 is 0 Å². The first-order valence-corrected chi connectivity index (χ1v) is 5.22. The Morgan fingerprint density at radius 3 is 2.44 bits per heavy atom. The van der Waals surface area contributed by atoms with Gasteiger partial charge in [0.15, 0.2) is 11.6 Å². The van der Waals surface area contributed by atoms with Crippen LogP contribution in [-0.4, -0.2) is 0 Å². The lowest BCUT2D eigenvalue weighted by Gasteiger charge is -2.08. The summed E-state index contributed by atoms with van der Waals surface area (Å²) in [5.41, 5.74) is 5.63. The fourth-order valence-electron chi connectivity index (χ4n) is 1.45. The van der Waals surface area contributed by atoms with Crippen LogP contribution in [0.4, 0.5) is 13.2 Å². The molecule has 2 N–H and O–H groups in total. The van der Waals surface area contributed by atoms with Crippen molar-refractivity contribution in [2.24, 2.45) is 5.73 Å². The Kier molecular flexibility index (Phi) is 3.53. The van der Waals surface area contributed by atoms with Gasteiger partial charge >= 0.3 is 0 Å². The summed E-state index contributed by atoms with van der Waals surface area (Å²) in [4.78, 5) is 0. The van der Waals surface area contributed by atoms with E-state index in [1.54, 1.807) is 0 Å². The summed E-state index contributed by atoms with van der Waals surface area (Å²) in [5.74, 6) is -2.90. The molecule has 2 nitrogen and oxygen atoms in total. The van der Waals surface area contributed by atoms with Gasteiger partial charge < -0.3 is 10.5 Å². The summed E-state index contributed by atoms with van der Waals surface area (Å²) < 4.78 is 44.7. The second kappa shape index (κ2) is 5.10. The normalized spacial score (nSPS) is 10.4. The molecule has 0 radical (unpaired) electrons. The number of rotatable bonds is 3. The largest absolute Gasteiger partial charge is 0.454 e. The van der Waals surface area contributed by atoms with Crippen LogP contribution >= 0.6 is 0 Å². The quantitative estimate of drug-likeness (QED) is 0.910. The van der Waals surface area contributed by atoms with Crippen LogP contribution in [0.15, 0.2) is 36.4 Å². The maximum Gasteiger partial charge on any atom is 0.201 e. The second-order valence-corrected chi connectivity index (χ2v) is 3.61. The monoisotopic (exact) mass is 253 g/mol. The lowest BCUT2D eigenvalue weighted by molar-refractivity contribution is 0.413. The molecular formula is C13H10F3NO. The van der Waals surface area contributed by atoms with Crippen LogP contribution in [0.1, 0.15) is 5.56 Å². The molecule has 2 aromatic carbocycles. The highest BCUT2D eigenvalue weighted by Crippen LogP contribution is 2.26. The third-order valence-corrected chi connectivity index (χ3v) is 2.39. The van der Waals surface area contributed by atoms with Gasteiger partial charge in [0.2, 0.25) is 5.82 Å². The molecule has 0 saturated carbocycles. The third kappa shape index (κ3) is 2.46. The Morgan fingerprint density at radius 2 is 1.78 bits per heavy atom. The summed E-state index contributed by atoms with van der Waals surface area (Å²) in [6.07, 6.45) is 0. The highest BCUT2D eigenvalue weighted by Gasteiger charge is 2.10. The maximum atomic E-state index is 13.4. The molecule has 2 rings (SSSR count). The molecular weight excluding hydrogens is 243 g/mol. The molecule has 0 fully saturated rings. The molecule has 94 valence electrons. The lowest BCUT2D eigenvalue weighted by Crippen LogP contribution is -2.00. The SMILES string of the molecule is NCc1ccc(Oc2cccc(F)c2F)cc1F. The van der Waals surface area contributed by atoms with E-state index in [1.807, 2.05) is 0 Å². The van der Waals surface area contributed by atoms with Crippen molar-refractivity contribution in [1.82, 2.24) is 0 Å². The van der Waals surface area contributed by atoms with E-state index in [1.165, 1.54) is 24.3 Å². The van der Waals surface area contributed by atoms with Crippen molar-refractivity contribution in [1.29, 1.82) is 0 Å². The first kappa shape index (κ1) is 12.4. The first-order chi connectivity index (χ1) is 8.61. The van der Waals surface area contributed by atoms with Crippen LogP contribution < -0.4 is 10.5 Å². The Bertz CT molecular complexity index is 572. The summed E-state index contributed by atoms with van der Waals surface area (Å²) in [6, 6.07) is 7.48. The smallest absolute Gasteiger partial charge is 0.201 e.